The first-order valence-electron chi connectivity index (χ1n) is 14.6. The lowest BCUT2D eigenvalue weighted by Gasteiger charge is -2.29. The number of benzene rings is 2. The molecule has 1 saturated carbocycles. The van der Waals surface area contributed by atoms with E-state index in [0.29, 0.717) is 50.3 Å². The van der Waals surface area contributed by atoms with Crippen molar-refractivity contribution in [3.05, 3.63) is 65.7 Å². The van der Waals surface area contributed by atoms with Crippen LogP contribution in [-0.2, 0) is 21.2 Å². The molecule has 2 N–H and O–H groups in total. The molecule has 2 fully saturated rings. The van der Waals surface area contributed by atoms with Gasteiger partial charge in [-0.1, -0.05) is 61.7 Å². The lowest BCUT2D eigenvalue weighted by molar-refractivity contribution is -0.123. The number of nitrogens with zero attached hydrogens (tertiary/aromatic N) is 1. The van der Waals surface area contributed by atoms with Crippen molar-refractivity contribution >= 4 is 15.7 Å². The van der Waals surface area contributed by atoms with Gasteiger partial charge in [-0.15, -0.1) is 0 Å². The van der Waals surface area contributed by atoms with Crippen molar-refractivity contribution in [1.29, 1.82) is 0 Å². The number of hydrogen-bond acceptors (Lipinski definition) is 6. The zero-order valence-corrected chi connectivity index (χ0v) is 24.0. The van der Waals surface area contributed by atoms with Gasteiger partial charge in [0, 0.05) is 26.1 Å². The normalized spacial score (nSPS) is 20.2. The highest BCUT2D eigenvalue weighted by atomic mass is 32.2. The van der Waals surface area contributed by atoms with E-state index in [0.717, 1.165) is 37.7 Å². The number of sulfone groups is 1. The molecule has 2 aliphatic rings. The van der Waals surface area contributed by atoms with Gasteiger partial charge in [0.25, 0.3) is 0 Å². The van der Waals surface area contributed by atoms with Crippen LogP contribution in [0.2, 0.25) is 0 Å². The molecule has 0 bridgehead atoms. The summed E-state index contributed by atoms with van der Waals surface area (Å²) in [5.41, 5.74) is 1.68. The molecular formula is C31H43FN2O5S. The Bertz CT molecular complexity index is 1160. The Kier molecular flexibility index (Phi) is 11.4. The topological polar surface area (TPSA) is 95.9 Å². The third kappa shape index (κ3) is 9.28. The number of carbonyl (C=O) groups is 1. The summed E-state index contributed by atoms with van der Waals surface area (Å²) in [6.07, 6.45) is 4.19. The maximum Gasteiger partial charge on any atom is 0.220 e. The number of aliphatic hydroxyl groups excluding tert-OH is 1. The number of carbonyl (C=O) groups excluding carboxylic acids is 1. The summed E-state index contributed by atoms with van der Waals surface area (Å²) in [6, 6.07) is 16.4. The molecule has 0 spiro atoms. The van der Waals surface area contributed by atoms with Crippen LogP contribution in [0.4, 0.5) is 4.39 Å². The van der Waals surface area contributed by atoms with E-state index in [2.05, 4.69) is 5.32 Å². The van der Waals surface area contributed by atoms with E-state index in [1.54, 1.807) is 24.3 Å². The number of ether oxygens (including phenoxy) is 1. The first-order valence-corrected chi connectivity index (χ1v) is 16.3. The highest BCUT2D eigenvalue weighted by Crippen LogP contribution is 2.26. The monoisotopic (exact) mass is 574 g/mol. The van der Waals surface area contributed by atoms with Crippen molar-refractivity contribution < 1.29 is 27.4 Å². The van der Waals surface area contributed by atoms with Gasteiger partial charge in [0.05, 0.1) is 17.0 Å². The third-order valence-corrected chi connectivity index (χ3v) is 10.4. The Hall–Kier alpha value is -2.49. The molecule has 1 aliphatic heterocycles. The number of nitrogens with one attached hydrogen (secondary N) is 1. The fourth-order valence-electron chi connectivity index (χ4n) is 5.65. The third-order valence-electron chi connectivity index (χ3n) is 8.01. The molecule has 0 radical (unpaired) electrons. The number of likely N-dealkylation sites (tertiary alicyclic amines) is 1. The second kappa shape index (κ2) is 14.9. The lowest BCUT2D eigenvalue weighted by Crippen LogP contribution is -2.46. The van der Waals surface area contributed by atoms with Crippen molar-refractivity contribution in [2.24, 2.45) is 0 Å². The van der Waals surface area contributed by atoms with Crippen molar-refractivity contribution in [1.82, 2.24) is 10.2 Å². The fourth-order valence-corrected chi connectivity index (χ4v) is 7.64. The zero-order chi connectivity index (χ0) is 28.4. The number of rotatable bonds is 14. The molecule has 220 valence electrons. The van der Waals surface area contributed by atoms with Gasteiger partial charge in [-0.25, -0.2) is 12.8 Å². The molecule has 1 heterocycles. The van der Waals surface area contributed by atoms with Crippen molar-refractivity contribution in [2.75, 3.05) is 25.4 Å². The molecule has 40 heavy (non-hydrogen) atoms. The maximum atomic E-state index is 13.8. The molecule has 4 rings (SSSR count). The Balaban J connectivity index is 1.30. The predicted molar refractivity (Wildman–Crippen MR) is 155 cm³/mol. The number of hydrogen-bond donors (Lipinski definition) is 2. The number of unbranched alkanes of at least 4 members (excludes halogenated alkanes) is 1. The summed E-state index contributed by atoms with van der Waals surface area (Å²) in [5, 5.41) is 13.9. The predicted octanol–water partition coefficient (Wildman–Crippen LogP) is 4.75. The first-order chi connectivity index (χ1) is 19.3. The largest absolute Gasteiger partial charge is 0.489 e. The van der Waals surface area contributed by atoms with Gasteiger partial charge in [-0.05, 0) is 55.4 Å². The fraction of sp³-hybridized carbons (Fsp3) is 0.581. The summed E-state index contributed by atoms with van der Waals surface area (Å²) < 4.78 is 44.9. The van der Waals surface area contributed by atoms with Gasteiger partial charge < -0.3 is 15.2 Å². The molecular weight excluding hydrogens is 531 g/mol. The first kappa shape index (κ1) is 30.5. The second-order valence-corrected chi connectivity index (χ2v) is 13.6. The van der Waals surface area contributed by atoms with Crippen LogP contribution < -0.4 is 10.1 Å². The summed E-state index contributed by atoms with van der Waals surface area (Å²) in [4.78, 5) is 14.8. The van der Waals surface area contributed by atoms with Gasteiger partial charge in [0.2, 0.25) is 5.91 Å². The van der Waals surface area contributed by atoms with Crippen molar-refractivity contribution in [3.8, 4) is 5.75 Å². The van der Waals surface area contributed by atoms with E-state index in [9.17, 15) is 22.7 Å². The van der Waals surface area contributed by atoms with Crippen LogP contribution in [0, 0.1) is 0 Å². The van der Waals surface area contributed by atoms with E-state index in [4.69, 9.17) is 4.74 Å². The van der Waals surface area contributed by atoms with Crippen molar-refractivity contribution in [2.45, 2.75) is 88.0 Å². The van der Waals surface area contributed by atoms with Gasteiger partial charge in [0.15, 0.2) is 9.84 Å². The van der Waals surface area contributed by atoms with E-state index >= 15 is 0 Å². The van der Waals surface area contributed by atoms with Crippen LogP contribution in [-0.4, -0.2) is 67.2 Å². The SMILES string of the molecule is O=C(CCCCS(=O)(=O)C1CCCCC1)N[C@H](CN1CC[C@@H](F)C1)[C@H](O)c1ccc(OCc2ccccc2)cc1. The van der Waals surface area contributed by atoms with Gasteiger partial charge >= 0.3 is 0 Å². The molecule has 0 aromatic heterocycles. The van der Waals surface area contributed by atoms with E-state index in [1.165, 1.54) is 0 Å². The Morgan fingerprint density at radius 2 is 1.75 bits per heavy atom. The molecule has 3 atom stereocenters. The average Bonchev–Trinajstić information content (AvgIpc) is 3.39. The smallest absolute Gasteiger partial charge is 0.220 e. The summed E-state index contributed by atoms with van der Waals surface area (Å²) in [5.74, 6) is 0.544. The summed E-state index contributed by atoms with van der Waals surface area (Å²) in [7, 11) is -3.12. The minimum absolute atomic E-state index is 0.112. The second-order valence-electron chi connectivity index (χ2n) is 11.2. The molecule has 1 amide bonds. The van der Waals surface area contributed by atoms with Gasteiger partial charge in [0.1, 0.15) is 24.6 Å². The van der Waals surface area contributed by atoms with Crippen LogP contribution >= 0.6 is 0 Å². The zero-order valence-electron chi connectivity index (χ0n) is 23.2. The number of aliphatic hydroxyl groups is 1. The molecule has 0 unspecified atom stereocenters. The molecule has 2 aromatic rings. The molecule has 1 saturated heterocycles. The highest BCUT2D eigenvalue weighted by Gasteiger charge is 2.30. The van der Waals surface area contributed by atoms with Crippen LogP contribution in [0.25, 0.3) is 0 Å². The Morgan fingerprint density at radius 1 is 1.02 bits per heavy atom. The summed E-state index contributed by atoms with van der Waals surface area (Å²) >= 11 is 0. The molecule has 9 heteroatoms. The number of halogens is 1. The molecule has 1 aliphatic carbocycles. The van der Waals surface area contributed by atoms with E-state index in [1.807, 2.05) is 35.2 Å². The van der Waals surface area contributed by atoms with Crippen LogP contribution in [0.3, 0.4) is 0 Å². The standard InChI is InChI=1S/C31H43FN2O5S/c32-26-18-19-34(21-26)22-29(33-30(35)13-7-8-20-40(37,38)28-11-5-2-6-12-28)31(36)25-14-16-27(17-15-25)39-23-24-9-3-1-4-10-24/h1,3-4,9-10,14-17,26,28-29,31,36H,2,5-8,11-13,18-23H2,(H,33,35)/t26-,29-,31-/m1/s1. The average molecular weight is 575 g/mol. The van der Waals surface area contributed by atoms with E-state index < -0.39 is 28.2 Å². The van der Waals surface area contributed by atoms with Crippen LogP contribution in [0.5, 0.6) is 5.75 Å². The maximum absolute atomic E-state index is 13.8. The molecule has 2 aromatic carbocycles. The number of alkyl halides is 1. The quantitative estimate of drug-likeness (QED) is 0.317. The van der Waals surface area contributed by atoms with Crippen LogP contribution in [0.15, 0.2) is 54.6 Å². The minimum Gasteiger partial charge on any atom is -0.489 e. The van der Waals surface area contributed by atoms with Gasteiger partial charge in [-0.3, -0.25) is 9.69 Å². The highest BCUT2D eigenvalue weighted by molar-refractivity contribution is 7.92. The lowest BCUT2D eigenvalue weighted by atomic mass is 10.0. The number of amides is 1. The van der Waals surface area contributed by atoms with Crippen molar-refractivity contribution in [3.63, 3.8) is 0 Å². The Labute approximate surface area is 238 Å². The van der Waals surface area contributed by atoms with E-state index in [-0.39, 0.29) is 29.9 Å². The van der Waals surface area contributed by atoms with Crippen LogP contribution in [0.1, 0.15) is 75.0 Å². The Morgan fingerprint density at radius 3 is 2.42 bits per heavy atom. The minimum atomic E-state index is -3.12. The van der Waals surface area contributed by atoms with Gasteiger partial charge in [-0.2, -0.15) is 0 Å². The molecule has 7 nitrogen and oxygen atoms in total. The summed E-state index contributed by atoms with van der Waals surface area (Å²) in [6.45, 7) is 1.62.